The molecule has 0 unspecified atom stereocenters. The Labute approximate surface area is 156 Å². The Morgan fingerprint density at radius 1 is 1.12 bits per heavy atom. The molecule has 0 saturated heterocycles. The fraction of sp³-hybridized carbons (Fsp3) is 0.222. The van der Waals surface area contributed by atoms with Gasteiger partial charge in [-0.1, -0.05) is 41.4 Å². The molecule has 0 aliphatic carbocycles. The number of amides is 1. The predicted octanol–water partition coefficient (Wildman–Crippen LogP) is 4.07. The SMILES string of the molecule is COC(=O)c1ccccc1NC(=O)CN[C@H](C)c1ccc(Cl)c(Cl)c1. The van der Waals surface area contributed by atoms with Gasteiger partial charge in [-0.05, 0) is 36.8 Å². The van der Waals surface area contributed by atoms with Crippen LogP contribution in [0.3, 0.4) is 0 Å². The first-order valence-corrected chi connectivity index (χ1v) is 8.33. The zero-order chi connectivity index (χ0) is 18.4. The zero-order valence-electron chi connectivity index (χ0n) is 13.8. The number of benzene rings is 2. The quantitative estimate of drug-likeness (QED) is 0.741. The molecule has 7 heteroatoms. The first kappa shape index (κ1) is 19.2. The van der Waals surface area contributed by atoms with Gasteiger partial charge in [0.2, 0.25) is 5.91 Å². The number of methoxy groups -OCH3 is 1. The van der Waals surface area contributed by atoms with Crippen molar-refractivity contribution < 1.29 is 14.3 Å². The van der Waals surface area contributed by atoms with Crippen molar-refractivity contribution in [1.29, 1.82) is 0 Å². The van der Waals surface area contributed by atoms with E-state index in [-0.39, 0.29) is 18.5 Å². The molecule has 0 fully saturated rings. The molecule has 0 aliphatic rings. The van der Waals surface area contributed by atoms with E-state index >= 15 is 0 Å². The van der Waals surface area contributed by atoms with Gasteiger partial charge in [0.05, 0.1) is 35.0 Å². The van der Waals surface area contributed by atoms with Gasteiger partial charge in [-0.15, -0.1) is 0 Å². The molecule has 0 bridgehead atoms. The number of hydrogen-bond acceptors (Lipinski definition) is 4. The Morgan fingerprint density at radius 3 is 2.52 bits per heavy atom. The molecule has 132 valence electrons. The van der Waals surface area contributed by atoms with E-state index < -0.39 is 5.97 Å². The molecular formula is C18H18Cl2N2O3. The highest BCUT2D eigenvalue weighted by Crippen LogP contribution is 2.25. The number of anilines is 1. The molecule has 1 atom stereocenters. The minimum Gasteiger partial charge on any atom is -0.465 e. The molecule has 2 aromatic carbocycles. The second-order valence-electron chi connectivity index (χ2n) is 5.36. The lowest BCUT2D eigenvalue weighted by atomic mass is 10.1. The van der Waals surface area contributed by atoms with Crippen molar-refractivity contribution in [1.82, 2.24) is 5.32 Å². The molecule has 0 radical (unpaired) electrons. The van der Waals surface area contributed by atoms with Crippen molar-refractivity contribution >= 4 is 40.8 Å². The Morgan fingerprint density at radius 2 is 1.84 bits per heavy atom. The third kappa shape index (κ3) is 5.19. The van der Waals surface area contributed by atoms with Gasteiger partial charge in [0.15, 0.2) is 0 Å². The number of rotatable bonds is 6. The summed E-state index contributed by atoms with van der Waals surface area (Å²) in [6.07, 6.45) is 0. The van der Waals surface area contributed by atoms with Crippen LogP contribution in [0.25, 0.3) is 0 Å². The second kappa shape index (κ2) is 8.85. The van der Waals surface area contributed by atoms with Crippen molar-refractivity contribution in [3.8, 4) is 0 Å². The zero-order valence-corrected chi connectivity index (χ0v) is 15.3. The molecule has 1 amide bonds. The highest BCUT2D eigenvalue weighted by Gasteiger charge is 2.14. The Hall–Kier alpha value is -2.08. The maximum atomic E-state index is 12.2. The molecule has 2 rings (SSSR count). The topological polar surface area (TPSA) is 67.4 Å². The van der Waals surface area contributed by atoms with E-state index in [2.05, 4.69) is 10.6 Å². The van der Waals surface area contributed by atoms with Crippen molar-refractivity contribution in [2.24, 2.45) is 0 Å². The molecule has 0 heterocycles. The summed E-state index contributed by atoms with van der Waals surface area (Å²) in [6.45, 7) is 1.98. The lowest BCUT2D eigenvalue weighted by molar-refractivity contribution is -0.115. The van der Waals surface area contributed by atoms with Gasteiger partial charge in [-0.2, -0.15) is 0 Å². The molecule has 5 nitrogen and oxygen atoms in total. The number of ether oxygens (including phenoxy) is 1. The second-order valence-corrected chi connectivity index (χ2v) is 6.18. The maximum absolute atomic E-state index is 12.2. The number of carbonyl (C=O) groups excluding carboxylic acids is 2. The minimum atomic E-state index is -0.506. The third-order valence-electron chi connectivity index (χ3n) is 3.62. The number of nitrogens with one attached hydrogen (secondary N) is 2. The van der Waals surface area contributed by atoms with Crippen LogP contribution in [0.15, 0.2) is 42.5 Å². The van der Waals surface area contributed by atoms with Crippen LogP contribution in [-0.4, -0.2) is 25.5 Å². The van der Waals surface area contributed by atoms with Crippen molar-refractivity contribution in [2.75, 3.05) is 19.0 Å². The van der Waals surface area contributed by atoms with Gasteiger partial charge < -0.3 is 15.4 Å². The Kier molecular flexibility index (Phi) is 6.82. The molecule has 0 aliphatic heterocycles. The normalized spacial score (nSPS) is 11.7. The highest BCUT2D eigenvalue weighted by molar-refractivity contribution is 6.42. The van der Waals surface area contributed by atoms with Crippen LogP contribution in [0, 0.1) is 0 Å². The van der Waals surface area contributed by atoms with Crippen LogP contribution >= 0.6 is 23.2 Å². The number of hydrogen-bond donors (Lipinski definition) is 2. The van der Waals surface area contributed by atoms with Crippen molar-refractivity contribution in [3.05, 3.63) is 63.6 Å². The van der Waals surface area contributed by atoms with Crippen LogP contribution in [0.2, 0.25) is 10.0 Å². The van der Waals surface area contributed by atoms with E-state index in [0.717, 1.165) is 5.56 Å². The largest absolute Gasteiger partial charge is 0.465 e. The molecular weight excluding hydrogens is 363 g/mol. The summed E-state index contributed by atoms with van der Waals surface area (Å²) in [5.41, 5.74) is 1.62. The van der Waals surface area contributed by atoms with Gasteiger partial charge >= 0.3 is 5.97 Å². The first-order chi connectivity index (χ1) is 11.9. The monoisotopic (exact) mass is 380 g/mol. The predicted molar refractivity (Wildman–Crippen MR) is 99.3 cm³/mol. The van der Waals surface area contributed by atoms with E-state index in [1.54, 1.807) is 36.4 Å². The Bertz CT molecular complexity index is 781. The van der Waals surface area contributed by atoms with Crippen molar-refractivity contribution in [2.45, 2.75) is 13.0 Å². The minimum absolute atomic E-state index is 0.0664. The number of para-hydroxylation sites is 1. The molecule has 2 N–H and O–H groups in total. The first-order valence-electron chi connectivity index (χ1n) is 7.58. The molecule has 0 saturated carbocycles. The van der Waals surface area contributed by atoms with Gasteiger partial charge in [0.1, 0.15) is 0 Å². The van der Waals surface area contributed by atoms with Crippen LogP contribution in [0.4, 0.5) is 5.69 Å². The number of esters is 1. The molecule has 0 aromatic heterocycles. The Balaban J connectivity index is 1.97. The van der Waals surface area contributed by atoms with Gasteiger partial charge in [-0.25, -0.2) is 4.79 Å². The standard InChI is InChI=1S/C18H18Cl2N2O3/c1-11(12-7-8-14(19)15(20)9-12)21-10-17(23)22-16-6-4-3-5-13(16)18(24)25-2/h3-9,11,21H,10H2,1-2H3,(H,22,23)/t11-/m1/s1. The average molecular weight is 381 g/mol. The summed E-state index contributed by atoms with van der Waals surface area (Å²) >= 11 is 11.9. The van der Waals surface area contributed by atoms with Crippen molar-refractivity contribution in [3.63, 3.8) is 0 Å². The van der Waals surface area contributed by atoms with Gasteiger partial charge in [0, 0.05) is 6.04 Å². The van der Waals surface area contributed by atoms with Gasteiger partial charge in [-0.3, -0.25) is 4.79 Å². The third-order valence-corrected chi connectivity index (χ3v) is 4.36. The lowest BCUT2D eigenvalue weighted by Crippen LogP contribution is -2.30. The van der Waals surface area contributed by atoms with Crippen LogP contribution in [-0.2, 0) is 9.53 Å². The molecule has 0 spiro atoms. The summed E-state index contributed by atoms with van der Waals surface area (Å²) in [5, 5.41) is 6.75. The van der Waals surface area contributed by atoms with Gasteiger partial charge in [0.25, 0.3) is 0 Å². The summed E-state index contributed by atoms with van der Waals surface area (Å²) in [5.74, 6) is -0.781. The van der Waals surface area contributed by atoms with Crippen LogP contribution < -0.4 is 10.6 Å². The van der Waals surface area contributed by atoms with Crippen LogP contribution in [0.1, 0.15) is 28.9 Å². The summed E-state index contributed by atoms with van der Waals surface area (Å²) in [7, 11) is 1.29. The summed E-state index contributed by atoms with van der Waals surface area (Å²) in [4.78, 5) is 23.9. The van der Waals surface area contributed by atoms with E-state index in [1.807, 2.05) is 13.0 Å². The summed E-state index contributed by atoms with van der Waals surface area (Å²) < 4.78 is 4.71. The maximum Gasteiger partial charge on any atom is 0.339 e. The van der Waals surface area contributed by atoms with Crippen LogP contribution in [0.5, 0.6) is 0 Å². The number of halogens is 2. The van der Waals surface area contributed by atoms with E-state index in [0.29, 0.717) is 21.3 Å². The smallest absolute Gasteiger partial charge is 0.339 e. The lowest BCUT2D eigenvalue weighted by Gasteiger charge is -2.15. The fourth-order valence-corrected chi connectivity index (χ4v) is 2.53. The van der Waals surface area contributed by atoms with E-state index in [4.69, 9.17) is 27.9 Å². The highest BCUT2D eigenvalue weighted by atomic mass is 35.5. The molecule has 25 heavy (non-hydrogen) atoms. The van der Waals surface area contributed by atoms with E-state index in [9.17, 15) is 9.59 Å². The average Bonchev–Trinajstić information content (AvgIpc) is 2.61. The van der Waals surface area contributed by atoms with E-state index in [1.165, 1.54) is 7.11 Å². The number of carbonyl (C=O) groups is 2. The summed E-state index contributed by atoms with van der Waals surface area (Å²) in [6, 6.07) is 11.9. The fourth-order valence-electron chi connectivity index (χ4n) is 2.22. The molecule has 2 aromatic rings.